The third kappa shape index (κ3) is 7.38. The van der Waals surface area contributed by atoms with E-state index in [-0.39, 0.29) is 36.4 Å². The molecule has 28 heavy (non-hydrogen) atoms. The lowest BCUT2D eigenvalue weighted by molar-refractivity contribution is 0.0672. The number of rotatable bonds is 9. The van der Waals surface area contributed by atoms with Crippen molar-refractivity contribution in [1.82, 2.24) is 30.6 Å². The zero-order chi connectivity index (χ0) is 19.9. The Bertz CT molecular complexity index is 740. The van der Waals surface area contributed by atoms with Crippen LogP contribution in [0.3, 0.4) is 0 Å². The van der Waals surface area contributed by atoms with Crippen LogP contribution in [0.4, 0.5) is 0 Å². The first-order valence-electron chi connectivity index (χ1n) is 9.38. The highest BCUT2D eigenvalue weighted by Crippen LogP contribution is 2.19. The number of halogens is 1. The van der Waals surface area contributed by atoms with Crippen molar-refractivity contribution in [1.29, 1.82) is 0 Å². The molecule has 0 radical (unpaired) electrons. The fourth-order valence-corrected chi connectivity index (χ4v) is 2.42. The molecule has 158 valence electrons. The van der Waals surface area contributed by atoms with E-state index in [0.717, 1.165) is 24.4 Å². The van der Waals surface area contributed by atoms with Crippen molar-refractivity contribution in [2.24, 2.45) is 12.0 Å². The SMILES string of the molecule is CCNC(=NCC(C)(O)c1cnn(C)c1)NCCCc1nc(C(C)C)no1.I. The Morgan fingerprint density at radius 1 is 1.39 bits per heavy atom. The average Bonchev–Trinajstić information content (AvgIpc) is 3.26. The van der Waals surface area contributed by atoms with Crippen LogP contribution in [0.2, 0.25) is 0 Å². The van der Waals surface area contributed by atoms with Crippen LogP contribution in [-0.2, 0) is 19.1 Å². The van der Waals surface area contributed by atoms with Crippen LogP contribution in [-0.4, -0.2) is 50.6 Å². The van der Waals surface area contributed by atoms with E-state index in [1.165, 1.54) is 0 Å². The maximum atomic E-state index is 10.6. The minimum atomic E-state index is -1.08. The molecule has 1 atom stereocenters. The molecule has 0 aliphatic heterocycles. The molecule has 2 rings (SSSR count). The average molecular weight is 505 g/mol. The summed E-state index contributed by atoms with van der Waals surface area (Å²) in [7, 11) is 1.82. The summed E-state index contributed by atoms with van der Waals surface area (Å²) in [5, 5.41) is 25.2. The van der Waals surface area contributed by atoms with Gasteiger partial charge in [-0.15, -0.1) is 24.0 Å². The van der Waals surface area contributed by atoms with E-state index in [4.69, 9.17) is 4.52 Å². The molecular weight excluding hydrogens is 473 g/mol. The minimum Gasteiger partial charge on any atom is -0.383 e. The standard InChI is InChI=1S/C18H31N7O2.HI/c1-6-19-17(21-12-18(4,26)14-10-22-25(5)11-14)20-9-7-8-15-23-16(13(2)3)24-27-15;/h10-11,13,26H,6-9,12H2,1-5H3,(H2,19,20,21);1H. The van der Waals surface area contributed by atoms with Gasteiger partial charge in [-0.3, -0.25) is 4.68 Å². The van der Waals surface area contributed by atoms with Gasteiger partial charge in [-0.2, -0.15) is 10.1 Å². The number of aliphatic imine (C=N–C) groups is 1. The molecular formula is C18H32IN7O2. The second kappa shape index (κ2) is 11.3. The maximum Gasteiger partial charge on any atom is 0.226 e. The van der Waals surface area contributed by atoms with Gasteiger partial charge in [0.1, 0.15) is 5.60 Å². The first-order chi connectivity index (χ1) is 12.8. The highest BCUT2D eigenvalue weighted by molar-refractivity contribution is 14.0. The van der Waals surface area contributed by atoms with Crippen LogP contribution in [0, 0.1) is 0 Å². The Labute approximate surface area is 183 Å². The molecule has 9 nitrogen and oxygen atoms in total. The molecule has 0 aliphatic rings. The number of hydrogen-bond donors (Lipinski definition) is 3. The zero-order valence-electron chi connectivity index (χ0n) is 17.3. The lowest BCUT2D eigenvalue weighted by Crippen LogP contribution is -2.39. The summed E-state index contributed by atoms with van der Waals surface area (Å²) in [6, 6.07) is 0. The van der Waals surface area contributed by atoms with Crippen molar-refractivity contribution in [2.75, 3.05) is 19.6 Å². The summed E-state index contributed by atoms with van der Waals surface area (Å²) >= 11 is 0. The minimum absolute atomic E-state index is 0. The highest BCUT2D eigenvalue weighted by atomic mass is 127. The molecule has 3 N–H and O–H groups in total. The highest BCUT2D eigenvalue weighted by Gasteiger charge is 2.24. The lowest BCUT2D eigenvalue weighted by atomic mass is 10.0. The predicted molar refractivity (Wildman–Crippen MR) is 119 cm³/mol. The fraction of sp³-hybridized carbons (Fsp3) is 0.667. The van der Waals surface area contributed by atoms with E-state index in [1.807, 2.05) is 27.8 Å². The molecule has 10 heteroatoms. The van der Waals surface area contributed by atoms with Crippen LogP contribution < -0.4 is 10.6 Å². The van der Waals surface area contributed by atoms with E-state index in [2.05, 4.69) is 30.9 Å². The molecule has 1 unspecified atom stereocenters. The van der Waals surface area contributed by atoms with Gasteiger partial charge >= 0.3 is 0 Å². The van der Waals surface area contributed by atoms with Crippen LogP contribution >= 0.6 is 24.0 Å². The molecule has 2 aromatic rings. The molecule has 0 aromatic carbocycles. The van der Waals surface area contributed by atoms with Crippen molar-refractivity contribution in [3.63, 3.8) is 0 Å². The number of nitrogens with one attached hydrogen (secondary N) is 2. The van der Waals surface area contributed by atoms with Crippen molar-refractivity contribution in [2.45, 2.75) is 52.1 Å². The van der Waals surface area contributed by atoms with E-state index in [0.29, 0.717) is 24.8 Å². The zero-order valence-corrected chi connectivity index (χ0v) is 19.6. The molecule has 0 spiro atoms. The summed E-state index contributed by atoms with van der Waals surface area (Å²) in [5.74, 6) is 2.32. The second-order valence-corrected chi connectivity index (χ2v) is 7.10. The van der Waals surface area contributed by atoms with Crippen molar-refractivity contribution < 1.29 is 9.63 Å². The van der Waals surface area contributed by atoms with Gasteiger partial charge in [0.2, 0.25) is 5.89 Å². The summed E-state index contributed by atoms with van der Waals surface area (Å²) in [5.41, 5.74) is -0.338. The van der Waals surface area contributed by atoms with E-state index < -0.39 is 5.60 Å². The van der Waals surface area contributed by atoms with E-state index in [9.17, 15) is 5.11 Å². The number of aromatic nitrogens is 4. The monoisotopic (exact) mass is 505 g/mol. The number of hydrogen-bond acceptors (Lipinski definition) is 6. The van der Waals surface area contributed by atoms with Crippen molar-refractivity contribution >= 4 is 29.9 Å². The van der Waals surface area contributed by atoms with Crippen LogP contribution in [0.15, 0.2) is 21.9 Å². The topological polar surface area (TPSA) is 113 Å². The predicted octanol–water partition coefficient (Wildman–Crippen LogP) is 1.94. The van der Waals surface area contributed by atoms with Gasteiger partial charge in [-0.25, -0.2) is 4.99 Å². The Balaban J connectivity index is 0.00000392. The van der Waals surface area contributed by atoms with Gasteiger partial charge in [0.05, 0.1) is 12.7 Å². The third-order valence-electron chi connectivity index (χ3n) is 4.08. The first-order valence-corrected chi connectivity index (χ1v) is 9.38. The Morgan fingerprint density at radius 2 is 2.14 bits per heavy atom. The Morgan fingerprint density at radius 3 is 2.71 bits per heavy atom. The summed E-state index contributed by atoms with van der Waals surface area (Å²) in [4.78, 5) is 8.87. The number of guanidine groups is 1. The molecule has 2 heterocycles. The summed E-state index contributed by atoms with van der Waals surface area (Å²) < 4.78 is 6.91. The van der Waals surface area contributed by atoms with Gasteiger partial charge < -0.3 is 20.3 Å². The maximum absolute atomic E-state index is 10.6. The number of aliphatic hydroxyl groups is 1. The molecule has 0 saturated carbocycles. The Kier molecular flexibility index (Phi) is 9.87. The van der Waals surface area contributed by atoms with Crippen LogP contribution in [0.5, 0.6) is 0 Å². The van der Waals surface area contributed by atoms with Crippen LogP contribution in [0.25, 0.3) is 0 Å². The van der Waals surface area contributed by atoms with E-state index in [1.54, 1.807) is 24.0 Å². The molecule has 0 fully saturated rings. The number of nitrogens with zero attached hydrogens (tertiary/aromatic N) is 5. The third-order valence-corrected chi connectivity index (χ3v) is 4.08. The van der Waals surface area contributed by atoms with Gasteiger partial charge in [-0.1, -0.05) is 19.0 Å². The van der Waals surface area contributed by atoms with Gasteiger partial charge in [0.25, 0.3) is 0 Å². The summed E-state index contributed by atoms with van der Waals surface area (Å²) in [6.07, 6.45) is 5.00. The molecule has 0 saturated heterocycles. The van der Waals surface area contributed by atoms with Crippen molar-refractivity contribution in [3.8, 4) is 0 Å². The largest absolute Gasteiger partial charge is 0.383 e. The molecule has 0 aliphatic carbocycles. The van der Waals surface area contributed by atoms with Crippen molar-refractivity contribution in [3.05, 3.63) is 29.7 Å². The van der Waals surface area contributed by atoms with Gasteiger partial charge in [0, 0.05) is 44.2 Å². The van der Waals surface area contributed by atoms with Gasteiger partial charge in [0.15, 0.2) is 11.8 Å². The second-order valence-electron chi connectivity index (χ2n) is 7.10. The molecule has 0 bridgehead atoms. The van der Waals surface area contributed by atoms with Gasteiger partial charge in [-0.05, 0) is 20.3 Å². The Hall–Kier alpha value is -1.69. The molecule has 2 aromatic heterocycles. The normalized spacial score (nSPS) is 13.9. The van der Waals surface area contributed by atoms with Crippen LogP contribution in [0.1, 0.15) is 57.3 Å². The molecule has 0 amide bonds. The lowest BCUT2D eigenvalue weighted by Gasteiger charge is -2.20. The quantitative estimate of drug-likeness (QED) is 0.207. The summed E-state index contributed by atoms with van der Waals surface area (Å²) in [6.45, 7) is 9.49. The van der Waals surface area contributed by atoms with E-state index >= 15 is 0 Å². The first kappa shape index (κ1) is 24.3. The smallest absolute Gasteiger partial charge is 0.226 e. The fourth-order valence-electron chi connectivity index (χ4n) is 2.42. The number of aryl methyl sites for hydroxylation is 2.